The Balaban J connectivity index is 0.000000141. The highest BCUT2D eigenvalue weighted by molar-refractivity contribution is 7.18. The molecule has 0 atom stereocenters. The van der Waals surface area contributed by atoms with Gasteiger partial charge in [0.1, 0.15) is 23.0 Å². The second-order valence-electron chi connectivity index (χ2n) is 33.9. The zero-order chi connectivity index (χ0) is 88.6. The molecule has 0 N–H and O–H groups in total. The van der Waals surface area contributed by atoms with Gasteiger partial charge in [0.2, 0.25) is 5.75 Å². The summed E-state index contributed by atoms with van der Waals surface area (Å²) in [4.78, 5) is 13.0. The quantitative estimate of drug-likeness (QED) is 0.0729. The van der Waals surface area contributed by atoms with Crippen LogP contribution in [0.15, 0.2) is 121 Å². The van der Waals surface area contributed by atoms with Crippen LogP contribution in [-0.4, -0.2) is 185 Å². The summed E-state index contributed by atoms with van der Waals surface area (Å²) in [7, 11) is 27.7. The van der Waals surface area contributed by atoms with Crippen molar-refractivity contribution in [3.8, 4) is 85.8 Å². The zero-order valence-electron chi connectivity index (χ0n) is 74.7. The lowest BCUT2D eigenvalue weighted by Gasteiger charge is -2.15. The molecular formula is C91H105ClN20O7S4. The maximum Gasteiger partial charge on any atom is 0.204 e. The Bertz CT molecular complexity index is 6720. The highest BCUT2D eigenvalue weighted by Crippen LogP contribution is 2.45. The Morgan fingerprint density at radius 3 is 0.927 bits per heavy atom. The molecule has 123 heavy (non-hydrogen) atoms. The van der Waals surface area contributed by atoms with Crippen molar-refractivity contribution in [2.24, 2.45) is 0 Å². The van der Waals surface area contributed by atoms with Gasteiger partial charge in [0.05, 0.1) is 115 Å². The molecule has 12 aromatic heterocycles. The van der Waals surface area contributed by atoms with Crippen LogP contribution in [0.5, 0.6) is 40.2 Å². The van der Waals surface area contributed by atoms with Crippen LogP contribution in [0.25, 0.3) is 92.4 Å². The molecular weight excluding hydrogens is 1650 g/mol. The summed E-state index contributed by atoms with van der Waals surface area (Å²) < 4.78 is 45.8. The topological polar surface area (TPSA) is 250 Å². The van der Waals surface area contributed by atoms with Crippen molar-refractivity contribution in [1.82, 2.24) is 79.2 Å². The van der Waals surface area contributed by atoms with Crippen LogP contribution < -0.4 is 73.6 Å². The van der Waals surface area contributed by atoms with Crippen LogP contribution in [0, 0.1) is 0 Å². The van der Waals surface area contributed by atoms with Gasteiger partial charge in [-0.3, -0.25) is 0 Å². The van der Waals surface area contributed by atoms with E-state index in [-0.39, 0.29) is 21.7 Å². The first kappa shape index (κ1) is 88.7. The molecule has 0 bridgehead atoms. The third-order valence-electron chi connectivity index (χ3n) is 19.9. The number of halogens is 1. The number of hydrogen-bond donors (Lipinski definition) is 0. The number of methoxy groups -OCH3 is 7. The van der Waals surface area contributed by atoms with Crippen molar-refractivity contribution in [3.63, 3.8) is 0 Å². The summed E-state index contributed by atoms with van der Waals surface area (Å²) in [6.07, 6.45) is 8.62. The first-order valence-corrected chi connectivity index (χ1v) is 43.2. The number of ether oxygens (including phenoxy) is 7. The average Bonchev–Trinajstić information content (AvgIpc) is 1.61. The Hall–Kier alpha value is -12.0. The van der Waals surface area contributed by atoms with E-state index >= 15 is 0 Å². The average molecular weight is 1750 g/mol. The predicted octanol–water partition coefficient (Wildman–Crippen LogP) is 15.8. The van der Waals surface area contributed by atoms with Gasteiger partial charge < -0.3 is 52.8 Å². The van der Waals surface area contributed by atoms with E-state index in [1.807, 2.05) is 118 Å². The van der Waals surface area contributed by atoms with Crippen LogP contribution in [0.2, 0.25) is 5.02 Å². The van der Waals surface area contributed by atoms with Gasteiger partial charge in [-0.1, -0.05) is 107 Å². The van der Waals surface area contributed by atoms with Crippen LogP contribution in [0.3, 0.4) is 0 Å². The second kappa shape index (κ2) is 35.8. The van der Waals surface area contributed by atoms with E-state index in [1.165, 1.54) is 20.0 Å². The minimum atomic E-state index is -0.187. The number of benzene rings is 4. The van der Waals surface area contributed by atoms with Gasteiger partial charge in [0.15, 0.2) is 57.4 Å². The predicted molar refractivity (Wildman–Crippen MR) is 500 cm³/mol. The van der Waals surface area contributed by atoms with E-state index in [0.29, 0.717) is 62.7 Å². The van der Waals surface area contributed by atoms with Crippen LogP contribution in [0.4, 0.5) is 20.0 Å². The molecule has 0 aliphatic carbocycles. The molecule has 32 heteroatoms. The van der Waals surface area contributed by atoms with Crippen molar-refractivity contribution in [2.75, 3.05) is 126 Å². The summed E-state index contributed by atoms with van der Waals surface area (Å²) in [5.74, 6) is 6.90. The Morgan fingerprint density at radius 2 is 0.610 bits per heavy atom. The molecule has 0 saturated heterocycles. The molecule has 0 fully saturated rings. The lowest BCUT2D eigenvalue weighted by Crippen LogP contribution is -2.22. The molecule has 4 aromatic carbocycles. The Morgan fingerprint density at radius 1 is 0.301 bits per heavy atom. The molecule has 0 amide bonds. The van der Waals surface area contributed by atoms with Crippen LogP contribution in [-0.2, 0) is 21.7 Å². The Kier molecular flexibility index (Phi) is 25.8. The minimum Gasteiger partial charge on any atom is -0.497 e. The SMILES string of the molecule is COc1ccc(-c2nnc3/c(=C\c4ccc(N(C)C)s4)c(C(C)(C)C)nn23)c(OC)c1.COc1ccc(-c2nnc3/c(=C\c4ccc(N(C)C)s4)c(C(C)(C)C)nn23)c(OC)c1OC.COc1ccc(Cl)cc1-c1nnc2/c(=C\c3ccc(N(C)C)s3)c(C(C)(C)C)nn12.COc1ccccc1-c1nnc2/c(=C\c3ccc(N(C)C)s3)c(C(C)(C)C)nn12. The summed E-state index contributed by atoms with van der Waals surface area (Å²) >= 11 is 13.2. The fourth-order valence-electron chi connectivity index (χ4n) is 13.8. The van der Waals surface area contributed by atoms with E-state index < -0.39 is 0 Å². The van der Waals surface area contributed by atoms with Gasteiger partial charge >= 0.3 is 0 Å². The van der Waals surface area contributed by atoms with Crippen molar-refractivity contribution < 1.29 is 33.2 Å². The maximum absolute atomic E-state index is 6.24. The number of thiophene rings is 4. The van der Waals surface area contributed by atoms with Crippen molar-refractivity contribution >= 4 is 124 Å². The summed E-state index contributed by atoms with van der Waals surface area (Å²) in [5.41, 5.74) is 9.33. The van der Waals surface area contributed by atoms with Crippen molar-refractivity contribution in [1.29, 1.82) is 0 Å². The second-order valence-corrected chi connectivity index (χ2v) is 38.7. The number of hydrogen-bond acceptors (Lipinski definition) is 27. The first-order chi connectivity index (χ1) is 58.4. The van der Waals surface area contributed by atoms with Gasteiger partial charge in [0, 0.05) is 130 Å². The molecule has 0 saturated carbocycles. The summed E-state index contributed by atoms with van der Waals surface area (Å²) in [5, 5.41) is 64.9. The van der Waals surface area contributed by atoms with Crippen molar-refractivity contribution in [2.45, 2.75) is 105 Å². The number of rotatable bonds is 19. The third-order valence-corrected chi connectivity index (χ3v) is 24.9. The highest BCUT2D eigenvalue weighted by atomic mass is 35.5. The lowest BCUT2D eigenvalue weighted by molar-refractivity contribution is 0.325. The molecule has 0 aliphatic heterocycles. The monoisotopic (exact) mass is 1750 g/mol. The van der Waals surface area contributed by atoms with E-state index in [9.17, 15) is 0 Å². The number of aromatic nitrogens is 16. The number of para-hydroxylation sites is 1. The zero-order valence-corrected chi connectivity index (χ0v) is 78.7. The third kappa shape index (κ3) is 18.4. The first-order valence-electron chi connectivity index (χ1n) is 39.6. The Labute approximate surface area is 737 Å². The molecule has 12 heterocycles. The summed E-state index contributed by atoms with van der Waals surface area (Å²) in [6.45, 7) is 25.9. The van der Waals surface area contributed by atoms with Crippen molar-refractivity contribution in [3.05, 3.63) is 190 Å². The smallest absolute Gasteiger partial charge is 0.204 e. The van der Waals surface area contributed by atoms with Gasteiger partial charge in [-0.15, -0.1) is 86.1 Å². The molecule has 27 nitrogen and oxygen atoms in total. The summed E-state index contributed by atoms with van der Waals surface area (Å²) in [6, 6.07) is 39.6. The molecule has 16 aromatic rings. The minimum absolute atomic E-state index is 0.133. The van der Waals surface area contributed by atoms with E-state index in [2.05, 4.69) is 230 Å². The molecule has 0 radical (unpaired) electrons. The largest absolute Gasteiger partial charge is 0.497 e. The number of fused-ring (bicyclic) bond motifs is 4. The molecule has 0 spiro atoms. The van der Waals surface area contributed by atoms with Gasteiger partial charge in [-0.2, -0.15) is 38.5 Å². The van der Waals surface area contributed by atoms with Gasteiger partial charge in [-0.05, 0) is 127 Å². The molecule has 642 valence electrons. The maximum atomic E-state index is 6.24. The fourth-order valence-corrected chi connectivity index (χ4v) is 17.4. The number of anilines is 4. The van der Waals surface area contributed by atoms with Gasteiger partial charge in [0.25, 0.3) is 0 Å². The number of nitrogens with zero attached hydrogens (tertiary/aromatic N) is 20. The van der Waals surface area contributed by atoms with E-state index in [1.54, 1.807) is 110 Å². The normalized spacial score (nSPS) is 12.6. The molecule has 16 rings (SSSR count). The fraction of sp³-hybridized carbons (Fsp3) is 0.341. The molecule has 0 unspecified atom stereocenters. The van der Waals surface area contributed by atoms with Crippen LogP contribution >= 0.6 is 56.9 Å². The van der Waals surface area contributed by atoms with E-state index in [0.717, 1.165) is 114 Å². The van der Waals surface area contributed by atoms with Gasteiger partial charge in [-0.25, -0.2) is 0 Å². The highest BCUT2D eigenvalue weighted by Gasteiger charge is 2.32. The lowest BCUT2D eigenvalue weighted by atomic mass is 9.91. The standard InChI is InChI=1S/C24H29N5O3S.C23H27N5O2S.C22H24ClN5OS.C22H25N5OS/c1-24(2,3)21-16(13-14-9-12-18(33-14)28(4)5)23-26-25-22(29(23)27-21)15-10-11-17(30-6)20(32-8)19(15)31-7;1-23(2,3)20-17(13-15-9-11-19(31-15)27(4)5)22-25-24-21(28(22)26-20)16-10-8-14(29-6)12-18(16)30-7;1-22(2,3)19-16(12-14-8-10-18(30-14)27(4)5)21-25-24-20(28(21)26-19)15-11-13(23)7-9-17(15)29-6;1-22(2,3)19-16(13-14-11-12-18(29-14)26(4)5)21-24-23-20(27(21)25-19)15-9-7-8-10-17(15)28-6/h9-13H,1-8H3;8-13H,1-7H3;7-12H,1-6H3;7-13H,1-6H3/b16-13-;17-13-;16-12-;16-13-. The van der Waals surface area contributed by atoms with E-state index in [4.69, 9.17) is 65.2 Å². The molecule has 0 aliphatic rings. The van der Waals surface area contributed by atoms with Crippen LogP contribution in [0.1, 0.15) is 125 Å².